The fraction of sp³-hybridized carbons (Fsp3) is 0.588. The van der Waals surface area contributed by atoms with Gasteiger partial charge in [-0.15, -0.1) is 0 Å². The van der Waals surface area contributed by atoms with Gasteiger partial charge in [-0.05, 0) is 43.2 Å². The predicted octanol–water partition coefficient (Wildman–Crippen LogP) is 1.74. The maximum atomic E-state index is 12.7. The van der Waals surface area contributed by atoms with Gasteiger partial charge in [-0.25, -0.2) is 0 Å². The molecule has 0 radical (unpaired) electrons. The summed E-state index contributed by atoms with van der Waals surface area (Å²) in [7, 11) is 0. The van der Waals surface area contributed by atoms with Crippen molar-refractivity contribution in [2.75, 3.05) is 13.1 Å². The number of pyridine rings is 1. The number of likely N-dealkylation sites (tertiary alicyclic amines) is 1. The minimum atomic E-state index is -0.789. The van der Waals surface area contributed by atoms with Crippen LogP contribution in [0.1, 0.15) is 38.2 Å². The second kappa shape index (κ2) is 6.07. The summed E-state index contributed by atoms with van der Waals surface area (Å²) in [5.74, 6) is 0.585. The van der Waals surface area contributed by atoms with Crippen molar-refractivity contribution < 1.29 is 9.59 Å². The maximum Gasteiger partial charge on any atom is 0.238 e. The first-order chi connectivity index (χ1) is 10.6. The molecule has 1 aliphatic heterocycles. The molecule has 1 N–H and O–H groups in total. The van der Waals surface area contributed by atoms with Crippen LogP contribution in [0.2, 0.25) is 0 Å². The molecule has 1 aromatic rings. The molecule has 5 heteroatoms. The summed E-state index contributed by atoms with van der Waals surface area (Å²) >= 11 is 0. The van der Waals surface area contributed by atoms with Crippen LogP contribution < -0.4 is 5.32 Å². The van der Waals surface area contributed by atoms with Gasteiger partial charge in [0.1, 0.15) is 5.41 Å². The number of hydrogen-bond donors (Lipinski definition) is 1. The average molecular weight is 301 g/mol. The van der Waals surface area contributed by atoms with Crippen LogP contribution in [0, 0.1) is 11.3 Å². The second-order valence-corrected chi connectivity index (χ2v) is 6.60. The van der Waals surface area contributed by atoms with Crippen LogP contribution in [0.3, 0.4) is 0 Å². The summed E-state index contributed by atoms with van der Waals surface area (Å²) in [6, 6.07) is 3.76. The molecule has 0 unspecified atom stereocenters. The number of nitrogens with zero attached hydrogens (tertiary/aromatic N) is 2. The molecule has 0 aromatic carbocycles. The van der Waals surface area contributed by atoms with E-state index < -0.39 is 5.41 Å². The Hall–Kier alpha value is -1.91. The van der Waals surface area contributed by atoms with Crippen LogP contribution >= 0.6 is 0 Å². The molecule has 2 aliphatic rings. The van der Waals surface area contributed by atoms with E-state index in [1.807, 2.05) is 17.0 Å². The SMILES string of the molecule is CC1CCN(C(=O)C2(C(=O)NCc3cccnc3)CC2)CC1. The van der Waals surface area contributed by atoms with Crippen LogP contribution in [0.15, 0.2) is 24.5 Å². The number of aromatic nitrogens is 1. The highest BCUT2D eigenvalue weighted by atomic mass is 16.2. The molecule has 1 aromatic heterocycles. The van der Waals surface area contributed by atoms with Crippen molar-refractivity contribution in [1.82, 2.24) is 15.2 Å². The molecule has 22 heavy (non-hydrogen) atoms. The summed E-state index contributed by atoms with van der Waals surface area (Å²) in [5.41, 5.74) is 0.161. The molecule has 2 heterocycles. The van der Waals surface area contributed by atoms with Gasteiger partial charge in [0.25, 0.3) is 0 Å². The second-order valence-electron chi connectivity index (χ2n) is 6.60. The lowest BCUT2D eigenvalue weighted by atomic mass is 9.96. The number of nitrogens with one attached hydrogen (secondary N) is 1. The van der Waals surface area contributed by atoms with E-state index in [9.17, 15) is 9.59 Å². The Balaban J connectivity index is 1.58. The lowest BCUT2D eigenvalue weighted by Gasteiger charge is -2.32. The Morgan fingerprint density at radius 3 is 2.68 bits per heavy atom. The molecule has 5 nitrogen and oxygen atoms in total. The van der Waals surface area contributed by atoms with Gasteiger partial charge in [0, 0.05) is 32.0 Å². The third-order valence-electron chi connectivity index (χ3n) is 4.84. The van der Waals surface area contributed by atoms with E-state index >= 15 is 0 Å². The fourth-order valence-corrected chi connectivity index (χ4v) is 3.03. The molecule has 2 amide bonds. The molecular weight excluding hydrogens is 278 g/mol. The number of amides is 2. The van der Waals surface area contributed by atoms with E-state index in [1.165, 1.54) is 0 Å². The topological polar surface area (TPSA) is 62.3 Å². The smallest absolute Gasteiger partial charge is 0.238 e. The van der Waals surface area contributed by atoms with Crippen molar-refractivity contribution in [3.63, 3.8) is 0 Å². The summed E-state index contributed by atoms with van der Waals surface area (Å²) in [5, 5.41) is 2.90. The number of carbonyl (C=O) groups is 2. The van der Waals surface area contributed by atoms with Crippen LogP contribution in [-0.2, 0) is 16.1 Å². The Kier molecular flexibility index (Phi) is 4.14. The molecule has 1 saturated heterocycles. The summed E-state index contributed by atoms with van der Waals surface area (Å²) in [6.07, 6.45) is 6.87. The van der Waals surface area contributed by atoms with E-state index in [0.29, 0.717) is 25.3 Å². The molecule has 0 spiro atoms. The molecule has 118 valence electrons. The van der Waals surface area contributed by atoms with E-state index in [2.05, 4.69) is 17.2 Å². The normalized spacial score (nSPS) is 20.5. The molecule has 2 fully saturated rings. The Labute approximate surface area is 131 Å². The number of carbonyl (C=O) groups excluding carboxylic acids is 2. The minimum absolute atomic E-state index is 0.0306. The number of piperidine rings is 1. The average Bonchev–Trinajstić information content (AvgIpc) is 3.35. The zero-order valence-electron chi connectivity index (χ0n) is 13.0. The fourth-order valence-electron chi connectivity index (χ4n) is 3.03. The van der Waals surface area contributed by atoms with Crippen molar-refractivity contribution in [2.24, 2.45) is 11.3 Å². The molecule has 0 bridgehead atoms. The van der Waals surface area contributed by atoms with Crippen LogP contribution in [-0.4, -0.2) is 34.8 Å². The largest absolute Gasteiger partial charge is 0.351 e. The zero-order chi connectivity index (χ0) is 15.6. The monoisotopic (exact) mass is 301 g/mol. The first-order valence-corrected chi connectivity index (χ1v) is 8.08. The van der Waals surface area contributed by atoms with Gasteiger partial charge < -0.3 is 10.2 Å². The summed E-state index contributed by atoms with van der Waals surface area (Å²) in [6.45, 7) is 4.23. The standard InChI is InChI=1S/C17H23N3O2/c1-13-4-9-20(10-5-13)16(22)17(6-7-17)15(21)19-12-14-3-2-8-18-11-14/h2-3,8,11,13H,4-7,9-10,12H2,1H3,(H,19,21). The molecular formula is C17H23N3O2. The van der Waals surface area contributed by atoms with Crippen LogP contribution in [0.25, 0.3) is 0 Å². The van der Waals surface area contributed by atoms with E-state index in [1.54, 1.807) is 12.4 Å². The molecule has 1 aliphatic carbocycles. The van der Waals surface area contributed by atoms with Crippen molar-refractivity contribution in [3.05, 3.63) is 30.1 Å². The van der Waals surface area contributed by atoms with Crippen LogP contribution in [0.4, 0.5) is 0 Å². The Bertz CT molecular complexity index is 546. The number of rotatable bonds is 4. The summed E-state index contributed by atoms with van der Waals surface area (Å²) in [4.78, 5) is 31.1. The summed E-state index contributed by atoms with van der Waals surface area (Å²) < 4.78 is 0. The van der Waals surface area contributed by atoms with Gasteiger partial charge in [0.2, 0.25) is 11.8 Å². The van der Waals surface area contributed by atoms with Gasteiger partial charge in [-0.3, -0.25) is 14.6 Å². The van der Waals surface area contributed by atoms with E-state index in [-0.39, 0.29) is 11.8 Å². The zero-order valence-corrected chi connectivity index (χ0v) is 13.0. The first kappa shape index (κ1) is 15.0. The number of hydrogen-bond acceptors (Lipinski definition) is 3. The molecule has 1 saturated carbocycles. The molecule has 0 atom stereocenters. The third-order valence-corrected chi connectivity index (χ3v) is 4.84. The van der Waals surface area contributed by atoms with E-state index in [0.717, 1.165) is 31.5 Å². The lowest BCUT2D eigenvalue weighted by molar-refractivity contribution is -0.145. The van der Waals surface area contributed by atoms with Crippen LogP contribution in [0.5, 0.6) is 0 Å². The quantitative estimate of drug-likeness (QED) is 0.862. The Morgan fingerprint density at radius 1 is 1.36 bits per heavy atom. The van der Waals surface area contributed by atoms with E-state index in [4.69, 9.17) is 0 Å². The van der Waals surface area contributed by atoms with Gasteiger partial charge in [0.15, 0.2) is 0 Å². The van der Waals surface area contributed by atoms with Crippen molar-refractivity contribution in [2.45, 2.75) is 39.2 Å². The third kappa shape index (κ3) is 2.98. The predicted molar refractivity (Wildman–Crippen MR) is 82.7 cm³/mol. The van der Waals surface area contributed by atoms with Gasteiger partial charge in [0.05, 0.1) is 0 Å². The highest BCUT2D eigenvalue weighted by molar-refractivity contribution is 6.07. The van der Waals surface area contributed by atoms with Crippen molar-refractivity contribution in [1.29, 1.82) is 0 Å². The van der Waals surface area contributed by atoms with Crippen molar-refractivity contribution in [3.8, 4) is 0 Å². The Morgan fingerprint density at radius 2 is 2.09 bits per heavy atom. The first-order valence-electron chi connectivity index (χ1n) is 8.08. The highest BCUT2D eigenvalue weighted by Gasteiger charge is 2.57. The lowest BCUT2D eigenvalue weighted by Crippen LogP contribution is -2.47. The van der Waals surface area contributed by atoms with Gasteiger partial charge in [-0.2, -0.15) is 0 Å². The minimum Gasteiger partial charge on any atom is -0.351 e. The van der Waals surface area contributed by atoms with Crippen molar-refractivity contribution >= 4 is 11.8 Å². The molecule has 3 rings (SSSR count). The van der Waals surface area contributed by atoms with Gasteiger partial charge >= 0.3 is 0 Å². The maximum absolute atomic E-state index is 12.7. The van der Waals surface area contributed by atoms with Gasteiger partial charge in [-0.1, -0.05) is 13.0 Å². The highest BCUT2D eigenvalue weighted by Crippen LogP contribution is 2.48.